The van der Waals surface area contributed by atoms with Crippen LogP contribution in [-0.2, 0) is 6.54 Å². The molecule has 3 rings (SSSR count). The minimum atomic E-state index is -0.334. The van der Waals surface area contributed by atoms with E-state index >= 15 is 0 Å². The fourth-order valence-corrected chi connectivity index (χ4v) is 2.89. The van der Waals surface area contributed by atoms with Crippen LogP contribution in [0.1, 0.15) is 27.3 Å². The normalized spacial score (nSPS) is 10.3. The van der Waals surface area contributed by atoms with E-state index in [1.807, 2.05) is 56.3 Å². The zero-order chi connectivity index (χ0) is 20.8. The van der Waals surface area contributed by atoms with Gasteiger partial charge in [0.05, 0.1) is 19.9 Å². The predicted octanol–water partition coefficient (Wildman–Crippen LogP) is 3.98. The van der Waals surface area contributed by atoms with Crippen LogP contribution in [0.4, 0.5) is 11.6 Å². The second-order valence-corrected chi connectivity index (χ2v) is 6.54. The molecular weight excluding hydrogens is 368 g/mol. The maximum atomic E-state index is 12.8. The number of nitrogens with zero attached hydrogens (tertiary/aromatic N) is 2. The molecule has 1 heterocycles. The fourth-order valence-electron chi connectivity index (χ4n) is 2.89. The number of amides is 1. The van der Waals surface area contributed by atoms with Crippen LogP contribution in [0.5, 0.6) is 11.5 Å². The first-order valence-corrected chi connectivity index (χ1v) is 9.17. The lowest BCUT2D eigenvalue weighted by atomic mass is 10.2. The van der Waals surface area contributed by atoms with Gasteiger partial charge < -0.3 is 20.1 Å². The van der Waals surface area contributed by atoms with Gasteiger partial charge in [0.15, 0.2) is 0 Å². The summed E-state index contributed by atoms with van der Waals surface area (Å²) < 4.78 is 10.7. The summed E-state index contributed by atoms with van der Waals surface area (Å²) in [4.78, 5) is 21.5. The number of hydrogen-bond donors (Lipinski definition) is 2. The Morgan fingerprint density at radius 3 is 2.48 bits per heavy atom. The van der Waals surface area contributed by atoms with E-state index in [0.717, 1.165) is 16.9 Å². The summed E-state index contributed by atoms with van der Waals surface area (Å²) in [6.45, 7) is 4.24. The van der Waals surface area contributed by atoms with E-state index in [1.165, 1.54) is 0 Å². The minimum Gasteiger partial charge on any atom is -0.496 e. The molecule has 0 saturated carbocycles. The van der Waals surface area contributed by atoms with Crippen LogP contribution in [0.2, 0.25) is 0 Å². The van der Waals surface area contributed by atoms with Gasteiger partial charge in [0.2, 0.25) is 5.95 Å². The summed E-state index contributed by atoms with van der Waals surface area (Å²) in [5.74, 6) is 1.40. The highest BCUT2D eigenvalue weighted by molar-refractivity contribution is 6.04. The molecule has 1 amide bonds. The Morgan fingerprint density at radius 1 is 0.966 bits per heavy atom. The van der Waals surface area contributed by atoms with Gasteiger partial charge in [-0.15, -0.1) is 0 Å². The van der Waals surface area contributed by atoms with Crippen molar-refractivity contribution < 1.29 is 14.3 Å². The van der Waals surface area contributed by atoms with E-state index in [2.05, 4.69) is 20.6 Å². The molecule has 2 N–H and O–H groups in total. The number of carbonyl (C=O) groups is 1. The largest absolute Gasteiger partial charge is 0.496 e. The predicted molar refractivity (Wildman–Crippen MR) is 113 cm³/mol. The minimum absolute atomic E-state index is 0.267. The first-order valence-electron chi connectivity index (χ1n) is 9.17. The summed E-state index contributed by atoms with van der Waals surface area (Å²) in [5, 5.41) is 6.02. The molecule has 0 atom stereocenters. The highest BCUT2D eigenvalue weighted by atomic mass is 16.5. The third kappa shape index (κ3) is 5.01. The fraction of sp³-hybridized carbons (Fsp3) is 0.227. The van der Waals surface area contributed by atoms with Gasteiger partial charge in [-0.3, -0.25) is 4.79 Å². The Morgan fingerprint density at radius 2 is 1.72 bits per heavy atom. The standard InChI is InChI=1S/C22H24N4O3/c1-14-9-10-20(29-4)17(11-14)25-21(27)18-12-15(2)24-22(26-18)23-13-16-7-5-6-8-19(16)28-3/h5-12H,13H2,1-4H3,(H,25,27)(H,23,24,26). The molecule has 0 aliphatic rings. The van der Waals surface area contributed by atoms with Crippen LogP contribution < -0.4 is 20.1 Å². The highest BCUT2D eigenvalue weighted by Gasteiger charge is 2.14. The molecular formula is C22H24N4O3. The summed E-state index contributed by atoms with van der Waals surface area (Å²) in [6, 6.07) is 14.9. The summed E-state index contributed by atoms with van der Waals surface area (Å²) in [5.41, 5.74) is 3.53. The molecule has 7 heteroatoms. The van der Waals surface area contributed by atoms with Crippen LogP contribution in [0.25, 0.3) is 0 Å². The molecule has 0 spiro atoms. The second-order valence-electron chi connectivity index (χ2n) is 6.54. The van der Waals surface area contributed by atoms with E-state index < -0.39 is 0 Å². The van der Waals surface area contributed by atoms with E-state index in [-0.39, 0.29) is 11.6 Å². The number of nitrogens with one attached hydrogen (secondary N) is 2. The lowest BCUT2D eigenvalue weighted by molar-refractivity contribution is 0.102. The molecule has 0 saturated heterocycles. The molecule has 29 heavy (non-hydrogen) atoms. The maximum absolute atomic E-state index is 12.8. The first kappa shape index (κ1) is 20.1. The monoisotopic (exact) mass is 392 g/mol. The Kier molecular flexibility index (Phi) is 6.29. The number of aromatic nitrogens is 2. The average Bonchev–Trinajstić information content (AvgIpc) is 2.72. The van der Waals surface area contributed by atoms with Gasteiger partial charge in [-0.05, 0) is 43.7 Å². The van der Waals surface area contributed by atoms with Crippen LogP contribution in [0.15, 0.2) is 48.5 Å². The molecule has 2 aromatic carbocycles. The van der Waals surface area contributed by atoms with Crippen LogP contribution in [-0.4, -0.2) is 30.1 Å². The number of benzene rings is 2. The number of hydrogen-bond acceptors (Lipinski definition) is 6. The van der Waals surface area contributed by atoms with Gasteiger partial charge in [-0.2, -0.15) is 0 Å². The second kappa shape index (κ2) is 9.05. The molecule has 1 aromatic heterocycles. The lowest BCUT2D eigenvalue weighted by Crippen LogP contribution is -2.16. The van der Waals surface area contributed by atoms with Crippen LogP contribution in [0.3, 0.4) is 0 Å². The van der Waals surface area contributed by atoms with E-state index in [0.29, 0.717) is 29.6 Å². The van der Waals surface area contributed by atoms with Crippen molar-refractivity contribution in [2.24, 2.45) is 0 Å². The SMILES string of the molecule is COc1ccccc1CNc1nc(C)cc(C(=O)Nc2cc(C)ccc2OC)n1. The highest BCUT2D eigenvalue weighted by Crippen LogP contribution is 2.26. The molecule has 0 fully saturated rings. The van der Waals surface area contributed by atoms with Crippen molar-refractivity contribution in [3.8, 4) is 11.5 Å². The lowest BCUT2D eigenvalue weighted by Gasteiger charge is -2.12. The third-order valence-corrected chi connectivity index (χ3v) is 4.32. The Hall–Kier alpha value is -3.61. The number of aryl methyl sites for hydroxylation is 2. The Bertz CT molecular complexity index is 1020. The van der Waals surface area contributed by atoms with Crippen LogP contribution >= 0.6 is 0 Å². The molecule has 0 bridgehead atoms. The Balaban J connectivity index is 1.78. The van der Waals surface area contributed by atoms with E-state index in [4.69, 9.17) is 9.47 Å². The zero-order valence-electron chi connectivity index (χ0n) is 16.9. The quantitative estimate of drug-likeness (QED) is 0.633. The number of carbonyl (C=O) groups excluding carboxylic acids is 1. The average molecular weight is 392 g/mol. The number of rotatable bonds is 7. The Labute approximate surface area is 170 Å². The van der Waals surface area contributed by atoms with E-state index in [9.17, 15) is 4.79 Å². The first-order chi connectivity index (χ1) is 14.0. The maximum Gasteiger partial charge on any atom is 0.274 e. The van der Waals surface area contributed by atoms with Gasteiger partial charge in [-0.1, -0.05) is 24.3 Å². The van der Waals surface area contributed by atoms with Gasteiger partial charge in [-0.25, -0.2) is 9.97 Å². The zero-order valence-corrected chi connectivity index (χ0v) is 16.9. The molecule has 7 nitrogen and oxygen atoms in total. The molecule has 150 valence electrons. The third-order valence-electron chi connectivity index (χ3n) is 4.32. The molecule has 3 aromatic rings. The molecule has 0 radical (unpaired) electrons. The van der Waals surface area contributed by atoms with Crippen molar-refractivity contribution in [3.63, 3.8) is 0 Å². The van der Waals surface area contributed by atoms with Crippen molar-refractivity contribution in [3.05, 3.63) is 71.0 Å². The van der Waals surface area contributed by atoms with Gasteiger partial charge in [0.1, 0.15) is 17.2 Å². The van der Waals surface area contributed by atoms with Gasteiger partial charge >= 0.3 is 0 Å². The topological polar surface area (TPSA) is 85.4 Å². The summed E-state index contributed by atoms with van der Waals surface area (Å²) in [7, 11) is 3.19. The van der Waals surface area contributed by atoms with Gasteiger partial charge in [0.25, 0.3) is 5.91 Å². The van der Waals surface area contributed by atoms with Crippen molar-refractivity contribution >= 4 is 17.5 Å². The van der Waals surface area contributed by atoms with Crippen LogP contribution in [0, 0.1) is 13.8 Å². The number of ether oxygens (including phenoxy) is 2. The molecule has 0 aliphatic carbocycles. The van der Waals surface area contributed by atoms with Gasteiger partial charge in [0, 0.05) is 17.8 Å². The molecule has 0 aliphatic heterocycles. The van der Waals surface area contributed by atoms with Crippen molar-refractivity contribution in [1.82, 2.24) is 9.97 Å². The smallest absolute Gasteiger partial charge is 0.274 e. The number of para-hydroxylation sites is 1. The van der Waals surface area contributed by atoms with E-state index in [1.54, 1.807) is 20.3 Å². The molecule has 0 unspecified atom stereocenters. The number of anilines is 2. The summed E-state index contributed by atoms with van der Waals surface area (Å²) in [6.07, 6.45) is 0. The van der Waals surface area contributed by atoms with Crippen molar-refractivity contribution in [2.75, 3.05) is 24.9 Å². The summed E-state index contributed by atoms with van der Waals surface area (Å²) >= 11 is 0. The number of methoxy groups -OCH3 is 2. The van der Waals surface area contributed by atoms with Crippen molar-refractivity contribution in [1.29, 1.82) is 0 Å². The van der Waals surface area contributed by atoms with Crippen molar-refractivity contribution in [2.45, 2.75) is 20.4 Å².